The zero-order valence-corrected chi connectivity index (χ0v) is 22.2. The Morgan fingerprint density at radius 2 is 1.56 bits per heavy atom. The predicted octanol–water partition coefficient (Wildman–Crippen LogP) is 0.634. The third-order valence-electron chi connectivity index (χ3n) is 5.69. The number of nitrogens with one attached hydrogen (secondary N) is 3. The van der Waals surface area contributed by atoms with E-state index in [0.29, 0.717) is 31.6 Å². The lowest BCUT2D eigenvalue weighted by Crippen LogP contribution is -2.58. The summed E-state index contributed by atoms with van der Waals surface area (Å²) < 4.78 is 0. The molecular weight excluding hydrogens is 482 g/mol. The highest BCUT2D eigenvalue weighted by molar-refractivity contribution is 7.98. The van der Waals surface area contributed by atoms with Crippen molar-refractivity contribution in [3.63, 3.8) is 0 Å². The number of hydrogen-bond acceptors (Lipinski definition) is 7. The maximum absolute atomic E-state index is 13.1. The Morgan fingerprint density at radius 1 is 0.917 bits per heavy atom. The third-order valence-corrected chi connectivity index (χ3v) is 6.34. The van der Waals surface area contributed by atoms with E-state index in [1.54, 1.807) is 49.9 Å². The van der Waals surface area contributed by atoms with Crippen molar-refractivity contribution in [3.8, 4) is 0 Å². The molecule has 0 aliphatic carbocycles. The van der Waals surface area contributed by atoms with Crippen molar-refractivity contribution in [1.29, 1.82) is 0 Å². The molecule has 0 aromatic heterocycles. The maximum atomic E-state index is 13.1. The average Bonchev–Trinajstić information content (AvgIpc) is 2.84. The van der Waals surface area contributed by atoms with Gasteiger partial charge in [0.2, 0.25) is 17.7 Å². The number of carboxylic acid groups (broad SMARTS) is 1. The number of carbonyl (C=O) groups excluding carboxylic acids is 3. The molecule has 4 unspecified atom stereocenters. The van der Waals surface area contributed by atoms with E-state index < -0.39 is 47.9 Å². The zero-order valence-electron chi connectivity index (χ0n) is 21.4. The van der Waals surface area contributed by atoms with Crippen molar-refractivity contribution in [3.05, 3.63) is 35.9 Å². The van der Waals surface area contributed by atoms with Crippen LogP contribution in [0.5, 0.6) is 0 Å². The summed E-state index contributed by atoms with van der Waals surface area (Å²) in [5, 5.41) is 17.6. The molecule has 0 bridgehead atoms. The number of carbonyl (C=O) groups is 4. The minimum Gasteiger partial charge on any atom is -0.480 e. The second kappa shape index (κ2) is 16.9. The SMILES string of the molecule is CSCCC(N)C(=O)NC(C(=O)NC(CCCCN)C(=O)NC(Cc1ccccc1)C(=O)O)C(C)C. The molecule has 1 aromatic rings. The first kappa shape index (κ1) is 31.4. The van der Waals surface area contributed by atoms with Crippen molar-refractivity contribution in [2.75, 3.05) is 18.6 Å². The molecule has 0 radical (unpaired) electrons. The van der Waals surface area contributed by atoms with Crippen LogP contribution in [0, 0.1) is 5.92 Å². The monoisotopic (exact) mass is 523 g/mol. The van der Waals surface area contributed by atoms with Crippen LogP contribution >= 0.6 is 11.8 Å². The summed E-state index contributed by atoms with van der Waals surface area (Å²) in [4.78, 5) is 50.5. The Bertz CT molecular complexity index is 839. The number of nitrogens with two attached hydrogens (primary N) is 2. The number of thioether (sulfide) groups is 1. The highest BCUT2D eigenvalue weighted by Gasteiger charge is 2.31. The Balaban J connectivity index is 2.95. The first-order valence-electron chi connectivity index (χ1n) is 12.2. The Kier molecular flexibility index (Phi) is 14.8. The van der Waals surface area contributed by atoms with Crippen molar-refractivity contribution in [2.24, 2.45) is 17.4 Å². The van der Waals surface area contributed by atoms with Gasteiger partial charge >= 0.3 is 5.97 Å². The maximum Gasteiger partial charge on any atom is 0.326 e. The Labute approximate surface area is 217 Å². The molecule has 202 valence electrons. The second-order valence-electron chi connectivity index (χ2n) is 9.05. The molecule has 36 heavy (non-hydrogen) atoms. The van der Waals surface area contributed by atoms with Gasteiger partial charge in [0.1, 0.15) is 18.1 Å². The number of unbranched alkanes of at least 4 members (excludes halogenated alkanes) is 1. The molecule has 11 heteroatoms. The van der Waals surface area contributed by atoms with Crippen LogP contribution < -0.4 is 27.4 Å². The fraction of sp³-hybridized carbons (Fsp3) is 0.600. The lowest BCUT2D eigenvalue weighted by atomic mass is 10.0. The van der Waals surface area contributed by atoms with Crippen LogP contribution in [0.1, 0.15) is 45.1 Å². The molecule has 0 saturated carbocycles. The Morgan fingerprint density at radius 3 is 2.11 bits per heavy atom. The molecule has 4 atom stereocenters. The minimum atomic E-state index is -1.18. The average molecular weight is 524 g/mol. The van der Waals surface area contributed by atoms with E-state index >= 15 is 0 Å². The zero-order chi connectivity index (χ0) is 27.1. The van der Waals surface area contributed by atoms with Gasteiger partial charge in [-0.15, -0.1) is 0 Å². The fourth-order valence-corrected chi connectivity index (χ4v) is 4.01. The molecule has 0 heterocycles. The van der Waals surface area contributed by atoms with E-state index in [9.17, 15) is 24.3 Å². The highest BCUT2D eigenvalue weighted by Crippen LogP contribution is 2.09. The molecule has 0 fully saturated rings. The summed E-state index contributed by atoms with van der Waals surface area (Å²) in [5.41, 5.74) is 12.3. The number of carboxylic acids is 1. The largest absolute Gasteiger partial charge is 0.480 e. The molecule has 0 saturated heterocycles. The van der Waals surface area contributed by atoms with Crippen LogP contribution in [0.4, 0.5) is 0 Å². The fourth-order valence-electron chi connectivity index (χ4n) is 3.52. The standard InChI is InChI=1S/C25H41N5O5S/c1-16(2)21(30-22(31)18(27)12-14-36-3)24(33)28-19(11-7-8-13-26)23(32)29-20(25(34)35)15-17-9-5-4-6-10-17/h4-6,9-10,16,18-21H,7-8,11-15,26-27H2,1-3H3,(H,28,33)(H,29,32)(H,30,31)(H,34,35). The van der Waals surface area contributed by atoms with Gasteiger partial charge in [-0.2, -0.15) is 11.8 Å². The summed E-state index contributed by atoms with van der Waals surface area (Å²) in [6.45, 7) is 3.98. The number of amides is 3. The summed E-state index contributed by atoms with van der Waals surface area (Å²) in [6, 6.07) is 5.17. The smallest absolute Gasteiger partial charge is 0.326 e. The van der Waals surface area contributed by atoms with Crippen molar-refractivity contribution < 1.29 is 24.3 Å². The van der Waals surface area contributed by atoms with E-state index in [2.05, 4.69) is 16.0 Å². The molecule has 3 amide bonds. The van der Waals surface area contributed by atoms with E-state index in [1.807, 2.05) is 12.3 Å². The van der Waals surface area contributed by atoms with Crippen LogP contribution in [-0.2, 0) is 25.6 Å². The van der Waals surface area contributed by atoms with Gasteiger partial charge in [-0.05, 0) is 55.7 Å². The molecule has 10 nitrogen and oxygen atoms in total. The first-order chi connectivity index (χ1) is 17.1. The number of aliphatic carboxylic acids is 1. The summed E-state index contributed by atoms with van der Waals surface area (Å²) in [6.07, 6.45) is 3.97. The van der Waals surface area contributed by atoms with Crippen LogP contribution in [0.25, 0.3) is 0 Å². The highest BCUT2D eigenvalue weighted by atomic mass is 32.2. The molecule has 8 N–H and O–H groups in total. The number of hydrogen-bond donors (Lipinski definition) is 6. The normalized spacial score (nSPS) is 14.4. The topological polar surface area (TPSA) is 177 Å². The van der Waals surface area contributed by atoms with Gasteiger partial charge in [0, 0.05) is 6.42 Å². The van der Waals surface area contributed by atoms with Gasteiger partial charge in [0.25, 0.3) is 0 Å². The minimum absolute atomic E-state index is 0.101. The van der Waals surface area contributed by atoms with Gasteiger partial charge in [-0.1, -0.05) is 44.2 Å². The molecular formula is C25H41N5O5S. The van der Waals surface area contributed by atoms with Gasteiger partial charge in [0.15, 0.2) is 0 Å². The summed E-state index contributed by atoms with van der Waals surface area (Å²) >= 11 is 1.57. The van der Waals surface area contributed by atoms with Gasteiger partial charge in [-0.3, -0.25) is 14.4 Å². The van der Waals surface area contributed by atoms with Gasteiger partial charge in [-0.25, -0.2) is 4.79 Å². The van der Waals surface area contributed by atoms with Crippen LogP contribution in [0.2, 0.25) is 0 Å². The quantitative estimate of drug-likeness (QED) is 0.161. The van der Waals surface area contributed by atoms with Crippen molar-refractivity contribution in [1.82, 2.24) is 16.0 Å². The number of benzene rings is 1. The van der Waals surface area contributed by atoms with Crippen molar-refractivity contribution in [2.45, 2.75) is 70.1 Å². The van der Waals surface area contributed by atoms with Crippen LogP contribution in [-0.4, -0.2) is 71.5 Å². The lowest BCUT2D eigenvalue weighted by molar-refractivity contribution is -0.142. The van der Waals surface area contributed by atoms with Crippen LogP contribution in [0.3, 0.4) is 0 Å². The molecule has 0 aliphatic rings. The van der Waals surface area contributed by atoms with E-state index in [4.69, 9.17) is 11.5 Å². The van der Waals surface area contributed by atoms with Gasteiger partial charge < -0.3 is 32.5 Å². The Hall–Kier alpha value is -2.63. The summed E-state index contributed by atoms with van der Waals surface area (Å²) in [5.74, 6) is -2.29. The molecule has 0 aliphatic heterocycles. The van der Waals surface area contributed by atoms with Crippen LogP contribution in [0.15, 0.2) is 30.3 Å². The molecule has 1 aromatic carbocycles. The predicted molar refractivity (Wildman–Crippen MR) is 142 cm³/mol. The van der Waals surface area contributed by atoms with Gasteiger partial charge in [0.05, 0.1) is 6.04 Å². The van der Waals surface area contributed by atoms with E-state index in [1.165, 1.54) is 0 Å². The second-order valence-corrected chi connectivity index (χ2v) is 10.0. The van der Waals surface area contributed by atoms with E-state index in [-0.39, 0.29) is 18.8 Å². The first-order valence-corrected chi connectivity index (χ1v) is 13.6. The molecule has 1 rings (SSSR count). The number of rotatable bonds is 17. The summed E-state index contributed by atoms with van der Waals surface area (Å²) in [7, 11) is 0. The third kappa shape index (κ3) is 11.4. The van der Waals surface area contributed by atoms with E-state index in [0.717, 1.165) is 5.56 Å². The molecule has 0 spiro atoms. The van der Waals surface area contributed by atoms with Crippen molar-refractivity contribution >= 4 is 35.5 Å². The lowest BCUT2D eigenvalue weighted by Gasteiger charge is -2.27.